The van der Waals surface area contributed by atoms with Gasteiger partial charge in [0.25, 0.3) is 0 Å². The molecule has 174 valence electrons. The molecule has 1 amide bonds. The maximum atomic E-state index is 12.6. The van der Waals surface area contributed by atoms with Crippen molar-refractivity contribution in [3.8, 4) is 22.8 Å². The van der Waals surface area contributed by atoms with E-state index in [4.69, 9.17) is 19.4 Å². The molecule has 2 aromatic carbocycles. The molecule has 12 heteroatoms. The van der Waals surface area contributed by atoms with Gasteiger partial charge in [-0.2, -0.15) is 28.6 Å². The highest BCUT2D eigenvalue weighted by Gasteiger charge is 2.38. The number of nitrogens with zero attached hydrogens (tertiary/aromatic N) is 2. The number of rotatable bonds is 4. The van der Waals surface area contributed by atoms with Gasteiger partial charge in [0.15, 0.2) is 0 Å². The Bertz CT molecular complexity index is 1100. The SMILES string of the molecule is COc1ccc2c(c1)CC(C(=O)Nc1ccc(-c3cn[nH]n3)cc1)CO2.O=C(O)C(F)(F)F. The number of anilines is 1. The molecule has 33 heavy (non-hydrogen) atoms. The van der Waals surface area contributed by atoms with E-state index in [1.165, 1.54) is 0 Å². The third kappa shape index (κ3) is 6.21. The van der Waals surface area contributed by atoms with Gasteiger partial charge in [0.1, 0.15) is 23.8 Å². The van der Waals surface area contributed by atoms with Gasteiger partial charge in [0.05, 0.1) is 19.2 Å². The molecular weight excluding hydrogens is 445 g/mol. The molecule has 0 fully saturated rings. The van der Waals surface area contributed by atoms with E-state index in [1.54, 1.807) is 13.3 Å². The van der Waals surface area contributed by atoms with Gasteiger partial charge in [-0.1, -0.05) is 12.1 Å². The fourth-order valence-electron chi connectivity index (χ4n) is 2.98. The first-order valence-corrected chi connectivity index (χ1v) is 9.54. The van der Waals surface area contributed by atoms with E-state index in [0.717, 1.165) is 34.0 Å². The molecule has 0 saturated heterocycles. The first-order valence-electron chi connectivity index (χ1n) is 9.54. The summed E-state index contributed by atoms with van der Waals surface area (Å²) in [5.74, 6) is -1.49. The summed E-state index contributed by atoms with van der Waals surface area (Å²) in [4.78, 5) is 21.5. The topological polar surface area (TPSA) is 126 Å². The normalized spacial score (nSPS) is 14.7. The number of alkyl halides is 3. The second-order valence-corrected chi connectivity index (χ2v) is 6.91. The van der Waals surface area contributed by atoms with Crippen molar-refractivity contribution in [3.63, 3.8) is 0 Å². The van der Waals surface area contributed by atoms with Crippen molar-refractivity contribution in [3.05, 3.63) is 54.2 Å². The number of benzene rings is 2. The van der Waals surface area contributed by atoms with Crippen LogP contribution in [0.1, 0.15) is 5.56 Å². The van der Waals surface area contributed by atoms with Crippen molar-refractivity contribution in [2.24, 2.45) is 5.92 Å². The molecule has 0 saturated carbocycles. The van der Waals surface area contributed by atoms with E-state index in [2.05, 4.69) is 20.7 Å². The lowest BCUT2D eigenvalue weighted by Gasteiger charge is -2.25. The van der Waals surface area contributed by atoms with E-state index in [1.807, 2.05) is 42.5 Å². The minimum atomic E-state index is -5.08. The molecule has 1 aromatic heterocycles. The maximum absolute atomic E-state index is 12.6. The van der Waals surface area contributed by atoms with Crippen LogP contribution in [-0.4, -0.2) is 52.3 Å². The average Bonchev–Trinajstić information content (AvgIpc) is 3.33. The van der Waals surface area contributed by atoms with Gasteiger partial charge in [-0.05, 0) is 42.3 Å². The standard InChI is InChI=1S/C19H18N4O3.C2HF3O2/c1-25-16-6-7-18-13(9-16)8-14(11-26-18)19(24)21-15-4-2-12(3-5-15)17-10-20-23-22-17;3-2(4,5)1(6)7/h2-7,9-10,14H,8,11H2,1H3,(H,21,24)(H,20,22,23);(H,6,7). The van der Waals surface area contributed by atoms with Crippen molar-refractivity contribution in [2.45, 2.75) is 12.6 Å². The second-order valence-electron chi connectivity index (χ2n) is 6.91. The predicted octanol–water partition coefficient (Wildman–Crippen LogP) is 3.30. The first-order chi connectivity index (χ1) is 15.7. The number of aromatic amines is 1. The number of ether oxygens (including phenoxy) is 2. The van der Waals surface area contributed by atoms with Crippen LogP contribution in [0.25, 0.3) is 11.3 Å². The van der Waals surface area contributed by atoms with Gasteiger partial charge in [-0.15, -0.1) is 0 Å². The summed E-state index contributed by atoms with van der Waals surface area (Å²) in [6.45, 7) is 0.363. The minimum Gasteiger partial charge on any atom is -0.497 e. The molecule has 4 rings (SSSR count). The first kappa shape index (κ1) is 23.6. The van der Waals surface area contributed by atoms with Crippen molar-refractivity contribution in [1.82, 2.24) is 15.4 Å². The van der Waals surface area contributed by atoms with Crippen molar-refractivity contribution in [2.75, 3.05) is 19.0 Å². The Morgan fingerprint density at radius 1 is 1.21 bits per heavy atom. The van der Waals surface area contributed by atoms with Crippen LogP contribution in [0.3, 0.4) is 0 Å². The Hall–Kier alpha value is -4.09. The Morgan fingerprint density at radius 3 is 2.48 bits per heavy atom. The van der Waals surface area contributed by atoms with Crippen molar-refractivity contribution >= 4 is 17.6 Å². The number of aromatic nitrogens is 3. The van der Waals surface area contributed by atoms with Crippen LogP contribution in [0.15, 0.2) is 48.7 Å². The van der Waals surface area contributed by atoms with E-state index < -0.39 is 12.1 Å². The molecule has 1 unspecified atom stereocenters. The number of methoxy groups -OCH3 is 1. The van der Waals surface area contributed by atoms with Crippen LogP contribution in [0.2, 0.25) is 0 Å². The molecule has 0 radical (unpaired) electrons. The van der Waals surface area contributed by atoms with Gasteiger partial charge in [0, 0.05) is 11.3 Å². The number of carboxylic acids is 1. The number of nitrogens with one attached hydrogen (secondary N) is 2. The largest absolute Gasteiger partial charge is 0.497 e. The van der Waals surface area contributed by atoms with Crippen LogP contribution in [0, 0.1) is 5.92 Å². The van der Waals surface area contributed by atoms with Crippen LogP contribution in [0.4, 0.5) is 18.9 Å². The Morgan fingerprint density at radius 2 is 1.91 bits per heavy atom. The summed E-state index contributed by atoms with van der Waals surface area (Å²) in [5, 5.41) is 20.5. The fraction of sp³-hybridized carbons (Fsp3) is 0.238. The van der Waals surface area contributed by atoms with E-state index in [9.17, 15) is 18.0 Å². The van der Waals surface area contributed by atoms with Gasteiger partial charge in [0.2, 0.25) is 5.91 Å². The molecule has 3 N–H and O–H groups in total. The predicted molar refractivity (Wildman–Crippen MR) is 110 cm³/mol. The third-order valence-electron chi connectivity index (χ3n) is 4.65. The monoisotopic (exact) mass is 464 g/mol. The third-order valence-corrected chi connectivity index (χ3v) is 4.65. The molecule has 3 aromatic rings. The van der Waals surface area contributed by atoms with E-state index >= 15 is 0 Å². The van der Waals surface area contributed by atoms with Gasteiger partial charge in [-0.25, -0.2) is 4.79 Å². The average molecular weight is 464 g/mol. The number of carbonyl (C=O) groups excluding carboxylic acids is 1. The molecule has 0 bridgehead atoms. The van der Waals surface area contributed by atoms with Gasteiger partial charge >= 0.3 is 12.1 Å². The summed E-state index contributed by atoms with van der Waals surface area (Å²) in [6.07, 6.45) is -2.81. The molecule has 9 nitrogen and oxygen atoms in total. The molecule has 1 aliphatic rings. The zero-order chi connectivity index (χ0) is 24.0. The number of fused-ring (bicyclic) bond motifs is 1. The Labute approximate surface area is 185 Å². The number of hydrogen-bond donors (Lipinski definition) is 3. The maximum Gasteiger partial charge on any atom is 0.490 e. The number of halogens is 3. The lowest BCUT2D eigenvalue weighted by molar-refractivity contribution is -0.192. The van der Waals surface area contributed by atoms with Crippen LogP contribution >= 0.6 is 0 Å². The Kier molecular flexibility index (Phi) is 7.16. The Balaban J connectivity index is 0.000000383. The van der Waals surface area contributed by atoms with Crippen LogP contribution in [-0.2, 0) is 16.0 Å². The fourth-order valence-corrected chi connectivity index (χ4v) is 2.98. The zero-order valence-corrected chi connectivity index (χ0v) is 17.2. The number of carboxylic acid groups (broad SMARTS) is 1. The number of aliphatic carboxylic acids is 1. The lowest BCUT2D eigenvalue weighted by Crippen LogP contribution is -2.32. The molecule has 1 aliphatic heterocycles. The summed E-state index contributed by atoms with van der Waals surface area (Å²) >= 11 is 0. The minimum absolute atomic E-state index is 0.0624. The van der Waals surface area contributed by atoms with Crippen molar-refractivity contribution in [1.29, 1.82) is 0 Å². The summed E-state index contributed by atoms with van der Waals surface area (Å²) < 4.78 is 42.7. The molecule has 0 spiro atoms. The molecular formula is C21H19F3N4O5. The van der Waals surface area contributed by atoms with E-state index in [-0.39, 0.29) is 11.8 Å². The van der Waals surface area contributed by atoms with Crippen LogP contribution in [0.5, 0.6) is 11.5 Å². The molecule has 0 aliphatic carbocycles. The number of H-pyrrole nitrogens is 1. The molecule has 2 heterocycles. The number of hydrogen-bond acceptors (Lipinski definition) is 6. The smallest absolute Gasteiger partial charge is 0.490 e. The lowest BCUT2D eigenvalue weighted by atomic mass is 9.95. The van der Waals surface area contributed by atoms with Gasteiger partial charge in [-0.3, -0.25) is 4.79 Å². The number of carbonyl (C=O) groups is 2. The summed E-state index contributed by atoms with van der Waals surface area (Å²) in [6, 6.07) is 13.1. The van der Waals surface area contributed by atoms with Crippen molar-refractivity contribution < 1.29 is 37.3 Å². The van der Waals surface area contributed by atoms with Gasteiger partial charge < -0.3 is 19.9 Å². The summed E-state index contributed by atoms with van der Waals surface area (Å²) in [7, 11) is 1.62. The number of amides is 1. The molecule has 1 atom stereocenters. The highest BCUT2D eigenvalue weighted by atomic mass is 19.4. The highest BCUT2D eigenvalue weighted by Crippen LogP contribution is 2.31. The van der Waals surface area contributed by atoms with E-state index in [0.29, 0.717) is 13.0 Å². The quantitative estimate of drug-likeness (QED) is 0.541. The highest BCUT2D eigenvalue weighted by molar-refractivity contribution is 5.93. The zero-order valence-electron chi connectivity index (χ0n) is 17.2. The summed E-state index contributed by atoms with van der Waals surface area (Å²) in [5.41, 5.74) is 3.41. The van der Waals surface area contributed by atoms with Crippen LogP contribution < -0.4 is 14.8 Å². The second kappa shape index (κ2) is 10.0.